The first-order valence-corrected chi connectivity index (χ1v) is 14.2. The minimum Gasteiger partial charge on any atom is -0.492 e. The summed E-state index contributed by atoms with van der Waals surface area (Å²) >= 11 is 1.14. The van der Waals surface area contributed by atoms with Crippen molar-refractivity contribution in [1.29, 1.82) is 0 Å². The number of thiazole rings is 1. The normalized spacial score (nSPS) is 11.5. The number of fused-ring (bicyclic) bond motifs is 1. The van der Waals surface area contributed by atoms with E-state index in [-0.39, 0.29) is 17.9 Å². The van der Waals surface area contributed by atoms with Crippen molar-refractivity contribution < 1.29 is 29.4 Å². The van der Waals surface area contributed by atoms with Gasteiger partial charge in [-0.3, -0.25) is 19.0 Å². The fourth-order valence-electron chi connectivity index (χ4n) is 4.73. The molecular weight excluding hydrogens is 568 g/mol. The molecule has 43 heavy (non-hydrogen) atoms. The summed E-state index contributed by atoms with van der Waals surface area (Å²) in [7, 11) is 1.50. The number of ether oxygens (including phenoxy) is 1. The minimum absolute atomic E-state index is 0.114. The maximum atomic E-state index is 12.9. The zero-order valence-corrected chi connectivity index (χ0v) is 24.0. The smallest absolute Gasteiger partial charge is 0.318 e. The standard InChI is InChI=1S/C33H28N2O7S/c1-41-34-30(24-11-9-23(10-12-24)22-5-3-2-4-6-22)25-13-16-28-29(20-25)43-33(40)35(28)17-18-42-26-14-7-21(8-15-26)19-27(31(36)37)32(38)39/h2-16,20,27H,17-19H2,1H3,(H,36,37)(H,38,39)/b34-30-. The molecule has 10 heteroatoms. The predicted molar refractivity (Wildman–Crippen MR) is 165 cm³/mol. The number of carboxylic acid groups (broad SMARTS) is 2. The van der Waals surface area contributed by atoms with Crippen LogP contribution in [0.15, 0.2) is 107 Å². The van der Waals surface area contributed by atoms with Crippen LogP contribution in [0.3, 0.4) is 0 Å². The Morgan fingerprint density at radius 1 is 0.860 bits per heavy atom. The van der Waals surface area contributed by atoms with Crippen molar-refractivity contribution in [2.75, 3.05) is 13.7 Å². The van der Waals surface area contributed by atoms with Crippen molar-refractivity contribution in [3.63, 3.8) is 0 Å². The maximum Gasteiger partial charge on any atom is 0.318 e. The average molecular weight is 597 g/mol. The monoisotopic (exact) mass is 596 g/mol. The molecule has 1 aromatic heterocycles. The van der Waals surface area contributed by atoms with Gasteiger partial charge in [0.05, 0.1) is 16.8 Å². The Balaban J connectivity index is 1.28. The molecule has 0 saturated heterocycles. The molecule has 5 rings (SSSR count). The molecule has 0 amide bonds. The zero-order valence-electron chi connectivity index (χ0n) is 23.2. The van der Waals surface area contributed by atoms with Crippen molar-refractivity contribution in [2.45, 2.75) is 13.0 Å². The van der Waals surface area contributed by atoms with E-state index in [1.807, 2.05) is 60.7 Å². The minimum atomic E-state index is -1.51. The summed E-state index contributed by atoms with van der Waals surface area (Å²) in [5.41, 5.74) is 5.92. The quantitative estimate of drug-likeness (QED) is 0.110. The number of aromatic nitrogens is 1. The van der Waals surface area contributed by atoms with Crippen molar-refractivity contribution in [1.82, 2.24) is 4.57 Å². The van der Waals surface area contributed by atoms with Crippen LogP contribution in [-0.2, 0) is 27.4 Å². The summed E-state index contributed by atoms with van der Waals surface area (Å²) in [4.78, 5) is 40.2. The number of carbonyl (C=O) groups is 2. The van der Waals surface area contributed by atoms with Gasteiger partial charge in [0, 0.05) is 11.1 Å². The SMILES string of the molecule is CO/N=C(/c1ccc(-c2ccccc2)cc1)c1ccc2c(c1)sc(=O)n2CCOc1ccc(CC(C(=O)O)C(=O)O)cc1. The van der Waals surface area contributed by atoms with Crippen LogP contribution in [0.2, 0.25) is 0 Å². The fraction of sp³-hybridized carbons (Fsp3) is 0.152. The van der Waals surface area contributed by atoms with E-state index in [0.717, 1.165) is 43.8 Å². The molecule has 0 unspecified atom stereocenters. The number of nitrogens with zero attached hydrogens (tertiary/aromatic N) is 2. The lowest BCUT2D eigenvalue weighted by Crippen LogP contribution is -2.25. The highest BCUT2D eigenvalue weighted by Crippen LogP contribution is 2.24. The summed E-state index contributed by atoms with van der Waals surface area (Å²) in [6, 6.07) is 30.5. The van der Waals surface area contributed by atoms with Crippen molar-refractivity contribution in [3.8, 4) is 16.9 Å². The molecule has 1 heterocycles. The van der Waals surface area contributed by atoms with Crippen molar-refractivity contribution in [2.24, 2.45) is 11.1 Å². The van der Waals surface area contributed by atoms with Crippen LogP contribution in [-0.4, -0.2) is 46.1 Å². The van der Waals surface area contributed by atoms with Crippen LogP contribution >= 0.6 is 11.3 Å². The lowest BCUT2D eigenvalue weighted by atomic mass is 9.99. The van der Waals surface area contributed by atoms with Crippen molar-refractivity contribution in [3.05, 3.63) is 123 Å². The maximum absolute atomic E-state index is 12.9. The Hall–Kier alpha value is -5.22. The largest absolute Gasteiger partial charge is 0.492 e. The number of carboxylic acids is 2. The number of rotatable bonds is 12. The fourth-order valence-corrected chi connectivity index (χ4v) is 5.69. The zero-order chi connectivity index (χ0) is 30.3. The van der Waals surface area contributed by atoms with Gasteiger partial charge in [-0.05, 0) is 47.4 Å². The van der Waals surface area contributed by atoms with Gasteiger partial charge >= 0.3 is 16.8 Å². The molecule has 5 aromatic rings. The second-order valence-electron chi connectivity index (χ2n) is 9.69. The van der Waals surface area contributed by atoms with Gasteiger partial charge in [0.1, 0.15) is 25.2 Å². The average Bonchev–Trinajstić information content (AvgIpc) is 3.33. The number of benzene rings is 4. The van der Waals surface area contributed by atoms with E-state index < -0.39 is 17.9 Å². The Morgan fingerprint density at radius 3 is 2.16 bits per heavy atom. The van der Waals surface area contributed by atoms with Crippen LogP contribution in [0.1, 0.15) is 16.7 Å². The van der Waals surface area contributed by atoms with Gasteiger partial charge in [-0.1, -0.05) is 89.3 Å². The molecule has 0 spiro atoms. The molecule has 9 nitrogen and oxygen atoms in total. The molecule has 0 aliphatic rings. The van der Waals surface area contributed by atoms with E-state index in [2.05, 4.69) is 17.3 Å². The van der Waals surface area contributed by atoms with Gasteiger partial charge in [0.2, 0.25) is 0 Å². The molecule has 2 N–H and O–H groups in total. The Bertz CT molecular complexity index is 1810. The molecule has 0 fully saturated rings. The second-order valence-corrected chi connectivity index (χ2v) is 10.7. The summed E-state index contributed by atoms with van der Waals surface area (Å²) in [5.74, 6) is -3.75. The van der Waals surface area contributed by atoms with Gasteiger partial charge in [0.15, 0.2) is 5.92 Å². The third-order valence-corrected chi connectivity index (χ3v) is 7.87. The van der Waals surface area contributed by atoms with E-state index in [0.29, 0.717) is 23.6 Å². The van der Waals surface area contributed by atoms with Gasteiger partial charge < -0.3 is 19.8 Å². The second kappa shape index (κ2) is 13.2. The Kier molecular flexibility index (Phi) is 8.97. The molecule has 4 aromatic carbocycles. The molecule has 0 saturated carbocycles. The molecular formula is C33H28N2O7S. The third kappa shape index (κ3) is 6.82. The van der Waals surface area contributed by atoms with E-state index in [1.54, 1.807) is 28.8 Å². The molecule has 0 aliphatic heterocycles. The summed E-state index contributed by atoms with van der Waals surface area (Å²) < 4.78 is 8.27. The Morgan fingerprint density at radius 2 is 1.51 bits per heavy atom. The van der Waals surface area contributed by atoms with Gasteiger partial charge in [-0.15, -0.1) is 0 Å². The highest BCUT2D eigenvalue weighted by molar-refractivity contribution is 7.16. The van der Waals surface area contributed by atoms with Gasteiger partial charge in [0.25, 0.3) is 0 Å². The lowest BCUT2D eigenvalue weighted by Gasteiger charge is -2.10. The van der Waals surface area contributed by atoms with Crippen LogP contribution < -0.4 is 9.61 Å². The van der Waals surface area contributed by atoms with Crippen LogP contribution in [0.4, 0.5) is 0 Å². The number of oxime groups is 1. The summed E-state index contributed by atoms with van der Waals surface area (Å²) in [6.45, 7) is 0.545. The summed E-state index contributed by atoms with van der Waals surface area (Å²) in [5, 5.41) is 22.5. The van der Waals surface area contributed by atoms with Gasteiger partial charge in [-0.2, -0.15) is 0 Å². The van der Waals surface area contributed by atoms with E-state index >= 15 is 0 Å². The number of aliphatic carboxylic acids is 2. The third-order valence-electron chi connectivity index (χ3n) is 6.93. The van der Waals surface area contributed by atoms with Crippen LogP contribution in [0, 0.1) is 5.92 Å². The molecule has 0 bridgehead atoms. The first-order valence-electron chi connectivity index (χ1n) is 13.4. The van der Waals surface area contributed by atoms with E-state index in [4.69, 9.17) is 19.8 Å². The van der Waals surface area contributed by atoms with Crippen molar-refractivity contribution >= 4 is 39.2 Å². The highest BCUT2D eigenvalue weighted by Gasteiger charge is 2.25. The molecule has 0 atom stereocenters. The number of hydrogen-bond acceptors (Lipinski definition) is 7. The van der Waals surface area contributed by atoms with E-state index in [9.17, 15) is 14.4 Å². The predicted octanol–water partition coefficient (Wildman–Crippen LogP) is 5.54. The summed E-state index contributed by atoms with van der Waals surface area (Å²) in [6.07, 6.45) is -0.126. The molecule has 0 radical (unpaired) electrons. The number of hydrogen-bond donors (Lipinski definition) is 2. The van der Waals surface area contributed by atoms with Gasteiger partial charge in [-0.25, -0.2) is 0 Å². The first-order chi connectivity index (χ1) is 20.8. The van der Waals surface area contributed by atoms with E-state index in [1.165, 1.54) is 7.11 Å². The highest BCUT2D eigenvalue weighted by atomic mass is 32.1. The Labute approximate surface area is 250 Å². The van der Waals surface area contributed by atoms with Crippen LogP contribution in [0.5, 0.6) is 5.75 Å². The lowest BCUT2D eigenvalue weighted by molar-refractivity contribution is -0.154. The molecule has 0 aliphatic carbocycles. The molecule has 218 valence electrons. The van der Waals surface area contributed by atoms with Crippen LogP contribution in [0.25, 0.3) is 21.3 Å². The first kappa shape index (κ1) is 29.3. The topological polar surface area (TPSA) is 127 Å².